The highest BCUT2D eigenvalue weighted by Crippen LogP contribution is 2.15. The lowest BCUT2D eigenvalue weighted by molar-refractivity contribution is 0.0727. The maximum atomic E-state index is 9.33. The number of hydrogen-bond acceptors (Lipinski definition) is 5. The molecule has 0 aliphatic heterocycles. The molecule has 0 fully saturated rings. The van der Waals surface area contributed by atoms with Crippen LogP contribution in [0.25, 0.3) is 0 Å². The number of nitrogens with zero attached hydrogens (tertiary/aromatic N) is 2. The highest BCUT2D eigenvalue weighted by atomic mass is 35.5. The Hall–Kier alpha value is -0.910. The highest BCUT2D eigenvalue weighted by Gasteiger charge is 2.05. The number of anilines is 1. The predicted octanol–water partition coefficient (Wildman–Crippen LogP) is 0.549. The van der Waals surface area contributed by atoms with Crippen molar-refractivity contribution in [3.05, 3.63) is 17.5 Å². The monoisotopic (exact) mass is 217 g/mol. The topological polar surface area (TPSA) is 67.3 Å². The molecule has 0 saturated carbocycles. The van der Waals surface area contributed by atoms with Crippen LogP contribution in [0, 0.1) is 0 Å². The van der Waals surface area contributed by atoms with Crippen molar-refractivity contribution in [1.82, 2.24) is 9.97 Å². The Bertz CT molecular complexity index is 285. The van der Waals surface area contributed by atoms with E-state index in [1.165, 1.54) is 19.6 Å². The molecule has 6 heteroatoms. The first-order valence-electron chi connectivity index (χ1n) is 4.10. The van der Waals surface area contributed by atoms with Gasteiger partial charge in [0, 0.05) is 13.7 Å². The molecule has 1 heterocycles. The molecule has 1 atom stereocenters. The normalized spacial score (nSPS) is 12.5. The van der Waals surface area contributed by atoms with E-state index in [1.54, 1.807) is 0 Å². The summed E-state index contributed by atoms with van der Waals surface area (Å²) in [6, 6.07) is 0. The second kappa shape index (κ2) is 5.74. The van der Waals surface area contributed by atoms with E-state index in [4.69, 9.17) is 16.3 Å². The molecule has 1 rings (SSSR count). The van der Waals surface area contributed by atoms with Crippen LogP contribution in [0.4, 0.5) is 5.82 Å². The molecule has 0 bridgehead atoms. The zero-order chi connectivity index (χ0) is 10.4. The number of ether oxygens (including phenoxy) is 1. The Labute approximate surface area is 87.1 Å². The third-order valence-corrected chi connectivity index (χ3v) is 1.81. The van der Waals surface area contributed by atoms with Gasteiger partial charge in [-0.05, 0) is 0 Å². The molecule has 0 aliphatic carbocycles. The second-order valence-electron chi connectivity index (χ2n) is 2.71. The largest absolute Gasteiger partial charge is 0.389 e. The molecule has 0 spiro atoms. The Morgan fingerprint density at radius 2 is 2.50 bits per heavy atom. The molecule has 78 valence electrons. The van der Waals surface area contributed by atoms with Crippen molar-refractivity contribution in [3.63, 3.8) is 0 Å². The quantitative estimate of drug-likeness (QED) is 0.754. The number of methoxy groups -OCH3 is 1. The Morgan fingerprint density at radius 1 is 1.71 bits per heavy atom. The summed E-state index contributed by atoms with van der Waals surface area (Å²) in [6.45, 7) is 0.611. The van der Waals surface area contributed by atoms with E-state index in [2.05, 4.69) is 15.3 Å². The highest BCUT2D eigenvalue weighted by molar-refractivity contribution is 6.32. The minimum Gasteiger partial charge on any atom is -0.389 e. The molecule has 1 unspecified atom stereocenters. The van der Waals surface area contributed by atoms with Crippen LogP contribution in [0.2, 0.25) is 5.02 Å². The van der Waals surface area contributed by atoms with Crippen LogP contribution in [0.15, 0.2) is 12.5 Å². The maximum Gasteiger partial charge on any atom is 0.148 e. The van der Waals surface area contributed by atoms with E-state index < -0.39 is 6.10 Å². The van der Waals surface area contributed by atoms with E-state index in [1.807, 2.05) is 0 Å². The van der Waals surface area contributed by atoms with Gasteiger partial charge in [-0.25, -0.2) is 9.97 Å². The fourth-order valence-corrected chi connectivity index (χ4v) is 1.08. The molecule has 0 amide bonds. The summed E-state index contributed by atoms with van der Waals surface area (Å²) < 4.78 is 4.77. The average Bonchev–Trinajstić information content (AvgIpc) is 2.17. The van der Waals surface area contributed by atoms with Crippen LogP contribution >= 0.6 is 11.6 Å². The van der Waals surface area contributed by atoms with Gasteiger partial charge in [-0.2, -0.15) is 0 Å². The smallest absolute Gasteiger partial charge is 0.148 e. The third kappa shape index (κ3) is 3.45. The van der Waals surface area contributed by atoms with Crippen LogP contribution in [-0.2, 0) is 4.74 Å². The molecular weight excluding hydrogens is 206 g/mol. The van der Waals surface area contributed by atoms with Crippen molar-refractivity contribution in [2.45, 2.75) is 6.10 Å². The molecule has 14 heavy (non-hydrogen) atoms. The number of nitrogens with one attached hydrogen (secondary N) is 1. The van der Waals surface area contributed by atoms with Crippen molar-refractivity contribution in [2.24, 2.45) is 0 Å². The van der Waals surface area contributed by atoms with Gasteiger partial charge in [-0.15, -0.1) is 0 Å². The average molecular weight is 218 g/mol. The van der Waals surface area contributed by atoms with E-state index in [0.717, 1.165) is 0 Å². The summed E-state index contributed by atoms with van der Waals surface area (Å²) in [6.07, 6.45) is 2.29. The van der Waals surface area contributed by atoms with Gasteiger partial charge in [-0.3, -0.25) is 0 Å². The zero-order valence-corrected chi connectivity index (χ0v) is 8.53. The number of hydrogen-bond donors (Lipinski definition) is 2. The van der Waals surface area contributed by atoms with Crippen LogP contribution in [0.1, 0.15) is 0 Å². The Kier molecular flexibility index (Phi) is 4.58. The van der Waals surface area contributed by atoms with Gasteiger partial charge in [0.15, 0.2) is 0 Å². The fourth-order valence-electron chi connectivity index (χ4n) is 0.909. The molecule has 0 radical (unpaired) electrons. The number of halogens is 1. The van der Waals surface area contributed by atoms with Gasteiger partial charge in [-0.1, -0.05) is 11.6 Å². The van der Waals surface area contributed by atoms with Crippen LogP contribution in [0.5, 0.6) is 0 Å². The lowest BCUT2D eigenvalue weighted by Crippen LogP contribution is -2.24. The number of aliphatic hydroxyl groups excluding tert-OH is 1. The molecule has 1 aromatic heterocycles. The van der Waals surface area contributed by atoms with E-state index in [0.29, 0.717) is 17.4 Å². The van der Waals surface area contributed by atoms with Gasteiger partial charge in [0.25, 0.3) is 0 Å². The van der Waals surface area contributed by atoms with E-state index in [-0.39, 0.29) is 6.61 Å². The summed E-state index contributed by atoms with van der Waals surface area (Å²) >= 11 is 5.78. The third-order valence-electron chi connectivity index (χ3n) is 1.53. The number of aliphatic hydroxyl groups is 1. The van der Waals surface area contributed by atoms with Gasteiger partial charge < -0.3 is 15.2 Å². The first kappa shape index (κ1) is 11.2. The first-order chi connectivity index (χ1) is 6.74. The zero-order valence-electron chi connectivity index (χ0n) is 7.77. The van der Waals surface area contributed by atoms with E-state index >= 15 is 0 Å². The van der Waals surface area contributed by atoms with Crippen molar-refractivity contribution >= 4 is 17.4 Å². The van der Waals surface area contributed by atoms with Crippen LogP contribution < -0.4 is 5.32 Å². The lowest BCUT2D eigenvalue weighted by atomic mass is 10.4. The van der Waals surface area contributed by atoms with Crippen molar-refractivity contribution in [3.8, 4) is 0 Å². The Morgan fingerprint density at radius 3 is 3.14 bits per heavy atom. The number of rotatable bonds is 5. The Balaban J connectivity index is 2.41. The predicted molar refractivity (Wildman–Crippen MR) is 53.4 cm³/mol. The molecule has 0 saturated heterocycles. The van der Waals surface area contributed by atoms with Crippen LogP contribution in [-0.4, -0.2) is 41.4 Å². The molecule has 0 aliphatic rings. The minimum atomic E-state index is -0.578. The summed E-state index contributed by atoms with van der Waals surface area (Å²) in [5.74, 6) is 0.511. The molecular formula is C8H12ClN3O2. The van der Waals surface area contributed by atoms with E-state index in [9.17, 15) is 5.11 Å². The SMILES string of the molecule is COCC(O)CNc1ncncc1Cl. The standard InChI is InChI=1S/C8H12ClN3O2/c1-14-4-6(13)2-11-8-7(9)3-10-5-12-8/h3,5-6,13H,2,4H2,1H3,(H,10,11,12). The second-order valence-corrected chi connectivity index (χ2v) is 3.12. The lowest BCUT2D eigenvalue weighted by Gasteiger charge is -2.11. The maximum absolute atomic E-state index is 9.33. The number of aromatic nitrogens is 2. The van der Waals surface area contributed by atoms with Crippen molar-refractivity contribution < 1.29 is 9.84 Å². The van der Waals surface area contributed by atoms with Gasteiger partial charge >= 0.3 is 0 Å². The van der Waals surface area contributed by atoms with Crippen molar-refractivity contribution in [2.75, 3.05) is 25.6 Å². The van der Waals surface area contributed by atoms with Crippen molar-refractivity contribution in [1.29, 1.82) is 0 Å². The first-order valence-corrected chi connectivity index (χ1v) is 4.48. The van der Waals surface area contributed by atoms with Gasteiger partial charge in [0.1, 0.15) is 17.2 Å². The molecule has 1 aromatic rings. The molecule has 5 nitrogen and oxygen atoms in total. The summed E-state index contributed by atoms with van der Waals surface area (Å²) in [5, 5.41) is 12.6. The van der Waals surface area contributed by atoms with Gasteiger partial charge in [0.2, 0.25) is 0 Å². The summed E-state index contributed by atoms with van der Waals surface area (Å²) in [5.41, 5.74) is 0. The summed E-state index contributed by atoms with van der Waals surface area (Å²) in [4.78, 5) is 7.64. The molecule has 2 N–H and O–H groups in total. The summed E-state index contributed by atoms with van der Waals surface area (Å²) in [7, 11) is 1.53. The molecule has 0 aromatic carbocycles. The fraction of sp³-hybridized carbons (Fsp3) is 0.500. The van der Waals surface area contributed by atoms with Crippen LogP contribution in [0.3, 0.4) is 0 Å². The van der Waals surface area contributed by atoms with Gasteiger partial charge in [0.05, 0.1) is 18.9 Å². The minimum absolute atomic E-state index is 0.274.